The molecule has 2 heterocycles. The number of carboxylic acids is 1. The Hall–Kier alpha value is -2.77. The van der Waals surface area contributed by atoms with Crippen molar-refractivity contribution in [3.8, 4) is 0 Å². The van der Waals surface area contributed by atoms with Crippen LogP contribution in [-0.4, -0.2) is 41.1 Å². The van der Waals surface area contributed by atoms with Gasteiger partial charge >= 0.3 is 5.97 Å². The molecule has 0 fully saturated rings. The highest BCUT2D eigenvalue weighted by atomic mass is 16.4. The van der Waals surface area contributed by atoms with Crippen LogP contribution in [0.3, 0.4) is 0 Å². The molecule has 0 bridgehead atoms. The van der Waals surface area contributed by atoms with Crippen LogP contribution < -0.4 is 0 Å². The monoisotopic (exact) mass is 258 g/mol. The Morgan fingerprint density at radius 3 is 2.89 bits per heavy atom. The first-order valence-electron chi connectivity index (χ1n) is 5.65. The lowest BCUT2D eigenvalue weighted by molar-refractivity contribution is 0.0699. The molecule has 1 aromatic carbocycles. The van der Waals surface area contributed by atoms with Gasteiger partial charge in [0.1, 0.15) is 5.52 Å². The number of aromatic carboxylic acids is 1. The summed E-state index contributed by atoms with van der Waals surface area (Å²) in [5.74, 6) is -1.01. The predicted octanol–water partition coefficient (Wildman–Crippen LogP) is 0.421. The number of carbonyl (C=O) groups is 1. The predicted molar refractivity (Wildman–Crippen MR) is 64.5 cm³/mol. The van der Waals surface area contributed by atoms with Crippen molar-refractivity contribution in [2.24, 2.45) is 0 Å². The van der Waals surface area contributed by atoms with Gasteiger partial charge in [-0.15, -0.1) is 10.2 Å². The summed E-state index contributed by atoms with van der Waals surface area (Å²) in [4.78, 5) is 11.1. The minimum Gasteiger partial charge on any atom is -0.478 e. The molecule has 3 rings (SSSR count). The summed E-state index contributed by atoms with van der Waals surface area (Å²) in [6.07, 6.45) is 3.35. The van der Waals surface area contributed by atoms with Gasteiger partial charge in [-0.3, -0.25) is 4.68 Å². The van der Waals surface area contributed by atoms with E-state index in [4.69, 9.17) is 5.11 Å². The van der Waals surface area contributed by atoms with Gasteiger partial charge in [-0.25, -0.2) is 9.48 Å². The maximum absolute atomic E-state index is 11.1. The number of aryl methyl sites for hydroxylation is 2. The summed E-state index contributed by atoms with van der Waals surface area (Å²) in [6.45, 7) is 1.14. The van der Waals surface area contributed by atoms with Crippen molar-refractivity contribution in [1.29, 1.82) is 0 Å². The maximum atomic E-state index is 11.1. The van der Waals surface area contributed by atoms with Crippen LogP contribution in [0.1, 0.15) is 10.4 Å². The Balaban J connectivity index is 1.92. The number of rotatable bonds is 4. The van der Waals surface area contributed by atoms with Gasteiger partial charge in [0.25, 0.3) is 0 Å². The first-order valence-corrected chi connectivity index (χ1v) is 5.65. The molecule has 0 aliphatic rings. The van der Waals surface area contributed by atoms with Gasteiger partial charge in [-0.2, -0.15) is 0 Å². The lowest BCUT2D eigenvalue weighted by Crippen LogP contribution is -2.09. The molecule has 0 amide bonds. The van der Waals surface area contributed by atoms with E-state index in [-0.39, 0.29) is 5.56 Å². The first-order chi connectivity index (χ1) is 9.25. The van der Waals surface area contributed by atoms with Crippen LogP contribution in [0, 0.1) is 0 Å². The van der Waals surface area contributed by atoms with Crippen LogP contribution in [0.4, 0.5) is 0 Å². The molecular formula is C11H10N6O2. The molecule has 96 valence electrons. The summed E-state index contributed by atoms with van der Waals surface area (Å²) < 4.78 is 3.33. The van der Waals surface area contributed by atoms with Crippen molar-refractivity contribution in [1.82, 2.24) is 30.0 Å². The zero-order valence-electron chi connectivity index (χ0n) is 9.84. The highest BCUT2D eigenvalue weighted by Crippen LogP contribution is 2.16. The summed E-state index contributed by atoms with van der Waals surface area (Å²) in [6, 6.07) is 4.99. The fourth-order valence-corrected chi connectivity index (χ4v) is 1.88. The first kappa shape index (κ1) is 11.3. The molecular weight excluding hydrogens is 248 g/mol. The molecule has 0 radical (unpaired) electrons. The third kappa shape index (κ3) is 2.03. The minimum atomic E-state index is -1.01. The topological polar surface area (TPSA) is 98.7 Å². The Morgan fingerprint density at radius 1 is 1.26 bits per heavy atom. The van der Waals surface area contributed by atoms with Crippen LogP contribution in [-0.2, 0) is 13.1 Å². The molecule has 8 nitrogen and oxygen atoms in total. The van der Waals surface area contributed by atoms with Gasteiger partial charge in [0.2, 0.25) is 0 Å². The second-order valence-corrected chi connectivity index (χ2v) is 3.96. The summed E-state index contributed by atoms with van der Waals surface area (Å²) in [5, 5.41) is 24.5. The number of nitrogens with zero attached hydrogens (tertiary/aromatic N) is 6. The number of hydrogen-bond donors (Lipinski definition) is 1. The Bertz CT molecular complexity index is 718. The molecule has 0 aliphatic heterocycles. The van der Waals surface area contributed by atoms with E-state index in [9.17, 15) is 4.79 Å². The number of hydrogen-bond acceptors (Lipinski definition) is 5. The van der Waals surface area contributed by atoms with Crippen LogP contribution in [0.2, 0.25) is 0 Å². The number of aromatic nitrogens is 6. The Labute approximate surface area is 107 Å². The van der Waals surface area contributed by atoms with E-state index in [2.05, 4.69) is 20.6 Å². The molecule has 0 aliphatic carbocycles. The van der Waals surface area contributed by atoms with E-state index in [1.165, 1.54) is 6.07 Å². The Morgan fingerprint density at radius 2 is 2.16 bits per heavy atom. The average Bonchev–Trinajstić information content (AvgIpc) is 3.05. The molecule has 19 heavy (non-hydrogen) atoms. The van der Waals surface area contributed by atoms with Gasteiger partial charge < -0.3 is 5.11 Å². The average molecular weight is 258 g/mol. The molecule has 1 N–H and O–H groups in total. The normalized spacial score (nSPS) is 10.9. The standard InChI is InChI=1S/C11H10N6O2/c18-11(19)8-2-1-3-9-10(8)13-15-17(9)7-6-16-5-4-12-14-16/h1-5H,6-7H2,(H,18,19). The number of carboxylic acid groups (broad SMARTS) is 1. The summed E-state index contributed by atoms with van der Waals surface area (Å²) >= 11 is 0. The largest absolute Gasteiger partial charge is 0.478 e. The van der Waals surface area contributed by atoms with E-state index in [1.54, 1.807) is 33.9 Å². The summed E-state index contributed by atoms with van der Waals surface area (Å²) in [5.41, 5.74) is 1.25. The number of benzene rings is 1. The van der Waals surface area contributed by atoms with Crippen molar-refractivity contribution >= 4 is 17.0 Å². The zero-order chi connectivity index (χ0) is 13.2. The van der Waals surface area contributed by atoms with Crippen molar-refractivity contribution in [2.75, 3.05) is 0 Å². The van der Waals surface area contributed by atoms with Gasteiger partial charge in [0.15, 0.2) is 0 Å². The zero-order valence-corrected chi connectivity index (χ0v) is 9.84. The molecule has 0 spiro atoms. The molecule has 0 saturated carbocycles. The van der Waals surface area contributed by atoms with Crippen LogP contribution in [0.5, 0.6) is 0 Å². The smallest absolute Gasteiger partial charge is 0.338 e. The molecule has 2 aromatic heterocycles. The second-order valence-electron chi connectivity index (χ2n) is 3.96. The lowest BCUT2D eigenvalue weighted by Gasteiger charge is -2.02. The van der Waals surface area contributed by atoms with Gasteiger partial charge in [0.05, 0.1) is 30.4 Å². The SMILES string of the molecule is O=C(O)c1cccc2c1nnn2CCn1ccnn1. The quantitative estimate of drug-likeness (QED) is 0.728. The van der Waals surface area contributed by atoms with Crippen LogP contribution in [0.15, 0.2) is 30.6 Å². The van der Waals surface area contributed by atoms with Crippen molar-refractivity contribution in [3.05, 3.63) is 36.2 Å². The molecule has 0 atom stereocenters. The van der Waals surface area contributed by atoms with Gasteiger partial charge in [0, 0.05) is 6.20 Å². The third-order valence-corrected chi connectivity index (χ3v) is 2.79. The van der Waals surface area contributed by atoms with Crippen molar-refractivity contribution < 1.29 is 9.90 Å². The highest BCUT2D eigenvalue weighted by molar-refractivity contribution is 6.00. The van der Waals surface area contributed by atoms with Crippen molar-refractivity contribution in [2.45, 2.75) is 13.1 Å². The fourth-order valence-electron chi connectivity index (χ4n) is 1.88. The van der Waals surface area contributed by atoms with Crippen LogP contribution in [0.25, 0.3) is 11.0 Å². The second kappa shape index (κ2) is 4.48. The van der Waals surface area contributed by atoms with Crippen molar-refractivity contribution in [3.63, 3.8) is 0 Å². The minimum absolute atomic E-state index is 0.157. The fraction of sp³-hybridized carbons (Fsp3) is 0.182. The van der Waals surface area contributed by atoms with Gasteiger partial charge in [-0.05, 0) is 12.1 Å². The molecule has 0 unspecified atom stereocenters. The maximum Gasteiger partial charge on any atom is 0.338 e. The van der Waals surface area contributed by atoms with Gasteiger partial charge in [-0.1, -0.05) is 16.5 Å². The van der Waals surface area contributed by atoms with E-state index in [1.807, 2.05) is 0 Å². The lowest BCUT2D eigenvalue weighted by atomic mass is 10.2. The Kier molecular flexibility index (Phi) is 2.67. The van der Waals surface area contributed by atoms with E-state index in [0.717, 1.165) is 0 Å². The third-order valence-electron chi connectivity index (χ3n) is 2.79. The van der Waals surface area contributed by atoms with Crippen LogP contribution >= 0.6 is 0 Å². The summed E-state index contributed by atoms with van der Waals surface area (Å²) in [7, 11) is 0. The molecule has 0 saturated heterocycles. The van der Waals surface area contributed by atoms with E-state index in [0.29, 0.717) is 24.1 Å². The molecule has 8 heteroatoms. The number of fused-ring (bicyclic) bond motifs is 1. The van der Waals surface area contributed by atoms with E-state index >= 15 is 0 Å². The molecule has 3 aromatic rings. The highest BCUT2D eigenvalue weighted by Gasteiger charge is 2.13. The van der Waals surface area contributed by atoms with E-state index < -0.39 is 5.97 Å².